The fraction of sp³-hybridized carbons (Fsp3) is 0.500. The summed E-state index contributed by atoms with van der Waals surface area (Å²) < 4.78 is 1.90. The van der Waals surface area contributed by atoms with Crippen LogP contribution in [0, 0.1) is 0 Å². The minimum Gasteiger partial charge on any atom is -0.356 e. The Kier molecular flexibility index (Phi) is 1.87. The van der Waals surface area contributed by atoms with E-state index < -0.39 is 0 Å². The van der Waals surface area contributed by atoms with Crippen molar-refractivity contribution in [2.45, 2.75) is 18.9 Å². The zero-order valence-electron chi connectivity index (χ0n) is 8.03. The van der Waals surface area contributed by atoms with E-state index in [1.165, 1.54) is 0 Å². The van der Waals surface area contributed by atoms with E-state index in [0.717, 1.165) is 18.4 Å². The number of nitrogens with zero attached hydrogens (tertiary/aromatic N) is 2. The minimum absolute atomic E-state index is 0.142. The first-order chi connectivity index (χ1) is 6.18. The number of carbonyl (C=O) groups is 1. The lowest BCUT2D eigenvalue weighted by atomic mass is 10.3. The fourth-order valence-electron chi connectivity index (χ4n) is 1.46. The monoisotopic (exact) mass is 178 g/mol. The zero-order chi connectivity index (χ0) is 9.42. The standard InChI is InChI=1S/C10H14N2O/c1-11-6-5-8(7-11)10(13)12(2)9-3-4-9/h5-7,9H,3-4H2,1-2H3. The molecule has 3 nitrogen and oxygen atoms in total. The summed E-state index contributed by atoms with van der Waals surface area (Å²) in [4.78, 5) is 13.6. The van der Waals surface area contributed by atoms with Crippen LogP contribution in [0.5, 0.6) is 0 Å². The normalized spacial score (nSPS) is 15.8. The third-order valence-corrected chi connectivity index (χ3v) is 2.49. The summed E-state index contributed by atoms with van der Waals surface area (Å²) in [5, 5.41) is 0. The molecule has 0 N–H and O–H groups in total. The molecule has 0 aliphatic heterocycles. The van der Waals surface area contributed by atoms with Crippen LogP contribution in [0.2, 0.25) is 0 Å². The SMILES string of the molecule is CN(C(=O)c1ccn(C)c1)C1CC1. The number of carbonyl (C=O) groups excluding carboxylic acids is 1. The maximum atomic E-state index is 11.8. The van der Waals surface area contributed by atoms with Gasteiger partial charge in [0.1, 0.15) is 0 Å². The summed E-state index contributed by atoms with van der Waals surface area (Å²) in [6.45, 7) is 0. The summed E-state index contributed by atoms with van der Waals surface area (Å²) in [5.74, 6) is 0.142. The van der Waals surface area contributed by atoms with Crippen LogP contribution in [0.1, 0.15) is 23.2 Å². The number of aromatic nitrogens is 1. The van der Waals surface area contributed by atoms with Crippen molar-refractivity contribution in [3.05, 3.63) is 24.0 Å². The molecule has 0 saturated heterocycles. The van der Waals surface area contributed by atoms with Crippen LogP contribution in [0.3, 0.4) is 0 Å². The third kappa shape index (κ3) is 1.59. The smallest absolute Gasteiger partial charge is 0.255 e. The molecule has 1 aliphatic carbocycles. The summed E-state index contributed by atoms with van der Waals surface area (Å²) in [7, 11) is 3.81. The van der Waals surface area contributed by atoms with Crippen LogP contribution in [0.4, 0.5) is 0 Å². The predicted octanol–water partition coefficient (Wildman–Crippen LogP) is 1.26. The molecule has 0 unspecified atom stereocenters. The molecule has 1 aliphatic rings. The molecule has 2 rings (SSSR count). The summed E-state index contributed by atoms with van der Waals surface area (Å²) in [6, 6.07) is 2.36. The molecule has 1 saturated carbocycles. The van der Waals surface area contributed by atoms with E-state index in [-0.39, 0.29) is 5.91 Å². The van der Waals surface area contributed by atoms with E-state index in [4.69, 9.17) is 0 Å². The van der Waals surface area contributed by atoms with Gasteiger partial charge in [-0.1, -0.05) is 0 Å². The van der Waals surface area contributed by atoms with Gasteiger partial charge in [-0.15, -0.1) is 0 Å². The van der Waals surface area contributed by atoms with E-state index >= 15 is 0 Å². The molecular formula is C10H14N2O. The molecule has 1 aromatic rings. The van der Waals surface area contributed by atoms with Gasteiger partial charge >= 0.3 is 0 Å². The molecule has 3 heteroatoms. The zero-order valence-corrected chi connectivity index (χ0v) is 8.03. The predicted molar refractivity (Wildman–Crippen MR) is 50.5 cm³/mol. The molecule has 0 atom stereocenters. The Morgan fingerprint density at radius 2 is 2.31 bits per heavy atom. The molecule has 1 amide bonds. The van der Waals surface area contributed by atoms with Crippen molar-refractivity contribution in [3.8, 4) is 0 Å². The van der Waals surface area contributed by atoms with Crippen molar-refractivity contribution < 1.29 is 4.79 Å². The van der Waals surface area contributed by atoms with E-state index in [9.17, 15) is 4.79 Å². The maximum Gasteiger partial charge on any atom is 0.255 e. The van der Waals surface area contributed by atoms with Gasteiger partial charge in [-0.2, -0.15) is 0 Å². The molecule has 1 heterocycles. The van der Waals surface area contributed by atoms with Crippen LogP contribution in [-0.4, -0.2) is 28.5 Å². The fourth-order valence-corrected chi connectivity index (χ4v) is 1.46. The van der Waals surface area contributed by atoms with Crippen LogP contribution >= 0.6 is 0 Å². The highest BCUT2D eigenvalue weighted by Crippen LogP contribution is 2.26. The summed E-state index contributed by atoms with van der Waals surface area (Å²) >= 11 is 0. The molecule has 13 heavy (non-hydrogen) atoms. The average molecular weight is 178 g/mol. The number of amides is 1. The van der Waals surface area contributed by atoms with Gasteiger partial charge in [-0.05, 0) is 18.9 Å². The van der Waals surface area contributed by atoms with Crippen molar-refractivity contribution in [1.82, 2.24) is 9.47 Å². The molecular weight excluding hydrogens is 164 g/mol. The molecule has 0 radical (unpaired) electrons. The van der Waals surface area contributed by atoms with E-state index in [1.807, 2.05) is 42.0 Å². The van der Waals surface area contributed by atoms with Crippen molar-refractivity contribution in [2.24, 2.45) is 7.05 Å². The van der Waals surface area contributed by atoms with E-state index in [2.05, 4.69) is 0 Å². The quantitative estimate of drug-likeness (QED) is 0.669. The first kappa shape index (κ1) is 8.35. The Morgan fingerprint density at radius 1 is 1.62 bits per heavy atom. The Balaban J connectivity index is 2.11. The second kappa shape index (κ2) is 2.91. The van der Waals surface area contributed by atoms with Crippen molar-refractivity contribution >= 4 is 5.91 Å². The Morgan fingerprint density at radius 3 is 2.77 bits per heavy atom. The molecule has 1 fully saturated rings. The second-order valence-corrected chi connectivity index (χ2v) is 3.71. The van der Waals surface area contributed by atoms with Crippen LogP contribution in [0.15, 0.2) is 18.5 Å². The number of rotatable bonds is 2. The van der Waals surface area contributed by atoms with Gasteiger partial charge in [-0.3, -0.25) is 4.79 Å². The third-order valence-electron chi connectivity index (χ3n) is 2.49. The lowest BCUT2D eigenvalue weighted by Gasteiger charge is -2.14. The molecule has 70 valence electrons. The number of hydrogen-bond acceptors (Lipinski definition) is 1. The topological polar surface area (TPSA) is 25.2 Å². The van der Waals surface area contributed by atoms with Gasteiger partial charge in [0.25, 0.3) is 5.91 Å². The first-order valence-corrected chi connectivity index (χ1v) is 4.57. The second-order valence-electron chi connectivity index (χ2n) is 3.71. The summed E-state index contributed by atoms with van der Waals surface area (Å²) in [6.07, 6.45) is 6.08. The van der Waals surface area contributed by atoms with Crippen LogP contribution in [-0.2, 0) is 7.05 Å². The van der Waals surface area contributed by atoms with Gasteiger partial charge in [0.15, 0.2) is 0 Å². The van der Waals surface area contributed by atoms with Gasteiger partial charge in [-0.25, -0.2) is 0 Å². The average Bonchev–Trinajstić information content (AvgIpc) is 2.87. The molecule has 0 spiro atoms. The number of hydrogen-bond donors (Lipinski definition) is 0. The van der Waals surface area contributed by atoms with Gasteiger partial charge in [0.2, 0.25) is 0 Å². The molecule has 0 aromatic carbocycles. The Labute approximate surface area is 78.0 Å². The highest BCUT2D eigenvalue weighted by molar-refractivity contribution is 5.94. The van der Waals surface area contributed by atoms with Crippen molar-refractivity contribution in [2.75, 3.05) is 7.05 Å². The largest absolute Gasteiger partial charge is 0.356 e. The molecule has 0 bridgehead atoms. The Bertz CT molecular complexity index is 325. The highest BCUT2D eigenvalue weighted by atomic mass is 16.2. The van der Waals surface area contributed by atoms with Gasteiger partial charge < -0.3 is 9.47 Å². The lowest BCUT2D eigenvalue weighted by molar-refractivity contribution is 0.0785. The molecule has 1 aromatic heterocycles. The van der Waals surface area contributed by atoms with Crippen LogP contribution in [0.25, 0.3) is 0 Å². The lowest BCUT2D eigenvalue weighted by Crippen LogP contribution is -2.28. The minimum atomic E-state index is 0.142. The number of aryl methyl sites for hydroxylation is 1. The van der Waals surface area contributed by atoms with E-state index in [1.54, 1.807) is 0 Å². The van der Waals surface area contributed by atoms with Gasteiger partial charge in [0, 0.05) is 32.5 Å². The maximum absolute atomic E-state index is 11.8. The van der Waals surface area contributed by atoms with Crippen molar-refractivity contribution in [1.29, 1.82) is 0 Å². The van der Waals surface area contributed by atoms with Crippen LogP contribution < -0.4 is 0 Å². The van der Waals surface area contributed by atoms with Gasteiger partial charge in [0.05, 0.1) is 5.56 Å². The van der Waals surface area contributed by atoms with Crippen molar-refractivity contribution in [3.63, 3.8) is 0 Å². The van der Waals surface area contributed by atoms with E-state index in [0.29, 0.717) is 6.04 Å². The Hall–Kier alpha value is -1.25. The first-order valence-electron chi connectivity index (χ1n) is 4.57. The summed E-state index contributed by atoms with van der Waals surface area (Å²) in [5.41, 5.74) is 0.789. The highest BCUT2D eigenvalue weighted by Gasteiger charge is 2.30.